The highest BCUT2D eigenvalue weighted by molar-refractivity contribution is 5.61. The standard InChI is InChI=1S/C16H17F3N4O/c1-8-2-10(6-21-13(8)20)11-7-23(15-3-9(4-15)5-15)14(22-11)12(24)16(17,18)19/h2,6-7,9,12,24H,3-5H2,1H3,(H2,20,21). The van der Waals surface area contributed by atoms with E-state index in [-0.39, 0.29) is 11.4 Å². The summed E-state index contributed by atoms with van der Waals surface area (Å²) in [6.07, 6.45) is -1.71. The van der Waals surface area contributed by atoms with Crippen molar-refractivity contribution in [2.75, 3.05) is 5.73 Å². The number of hydrogen-bond acceptors (Lipinski definition) is 4. The third kappa shape index (κ3) is 2.12. The van der Waals surface area contributed by atoms with Crippen LogP contribution in [0.3, 0.4) is 0 Å². The molecule has 0 aliphatic heterocycles. The molecule has 0 amide bonds. The monoisotopic (exact) mass is 338 g/mol. The highest BCUT2D eigenvalue weighted by Gasteiger charge is 2.59. The summed E-state index contributed by atoms with van der Waals surface area (Å²) in [4.78, 5) is 8.14. The second-order valence-electron chi connectivity index (χ2n) is 6.93. The van der Waals surface area contributed by atoms with Crippen LogP contribution in [0.25, 0.3) is 11.3 Å². The lowest BCUT2D eigenvalue weighted by Gasteiger charge is -2.62. The number of nitrogen functional groups attached to an aromatic ring is 1. The van der Waals surface area contributed by atoms with Gasteiger partial charge in [0.15, 0.2) is 0 Å². The molecule has 3 aliphatic carbocycles. The van der Waals surface area contributed by atoms with Crippen molar-refractivity contribution in [2.24, 2.45) is 5.92 Å². The molecule has 2 aromatic heterocycles. The zero-order valence-electron chi connectivity index (χ0n) is 13.0. The number of rotatable bonds is 3. The van der Waals surface area contributed by atoms with E-state index in [1.165, 1.54) is 10.8 Å². The molecular formula is C16H17F3N4O. The number of aromatic nitrogens is 3. The van der Waals surface area contributed by atoms with Crippen LogP contribution in [-0.4, -0.2) is 25.8 Å². The van der Waals surface area contributed by atoms with Gasteiger partial charge in [0.25, 0.3) is 0 Å². The van der Waals surface area contributed by atoms with Gasteiger partial charge in [0, 0.05) is 23.5 Å². The Morgan fingerprint density at radius 2 is 2.04 bits per heavy atom. The van der Waals surface area contributed by atoms with Gasteiger partial charge in [0.05, 0.1) is 5.69 Å². The maximum atomic E-state index is 13.0. The normalized spacial score (nSPS) is 26.6. The molecule has 5 nitrogen and oxygen atoms in total. The van der Waals surface area contributed by atoms with Crippen molar-refractivity contribution in [3.63, 3.8) is 0 Å². The summed E-state index contributed by atoms with van der Waals surface area (Å²) in [6, 6.07) is 1.74. The van der Waals surface area contributed by atoms with Crippen LogP contribution >= 0.6 is 0 Å². The molecule has 0 radical (unpaired) electrons. The van der Waals surface area contributed by atoms with Gasteiger partial charge in [0.1, 0.15) is 11.6 Å². The Kier molecular flexibility index (Phi) is 3.04. The van der Waals surface area contributed by atoms with Crippen molar-refractivity contribution in [2.45, 2.75) is 44.0 Å². The summed E-state index contributed by atoms with van der Waals surface area (Å²) in [5, 5.41) is 9.75. The summed E-state index contributed by atoms with van der Waals surface area (Å²) in [6.45, 7) is 1.77. The lowest BCUT2D eigenvalue weighted by atomic mass is 9.49. The van der Waals surface area contributed by atoms with E-state index in [1.54, 1.807) is 19.2 Å². The zero-order chi connectivity index (χ0) is 17.3. The second-order valence-corrected chi connectivity index (χ2v) is 6.93. The van der Waals surface area contributed by atoms with E-state index in [4.69, 9.17) is 5.73 Å². The highest BCUT2D eigenvalue weighted by Crippen LogP contribution is 2.63. The minimum absolute atomic E-state index is 0.312. The second kappa shape index (κ2) is 4.72. The molecule has 5 rings (SSSR count). The fraction of sp³-hybridized carbons (Fsp3) is 0.500. The van der Waals surface area contributed by atoms with Crippen LogP contribution in [0, 0.1) is 12.8 Å². The summed E-state index contributed by atoms with van der Waals surface area (Å²) >= 11 is 0. The maximum Gasteiger partial charge on any atom is 0.421 e. The fourth-order valence-corrected chi connectivity index (χ4v) is 3.71. The van der Waals surface area contributed by atoms with Crippen LogP contribution in [0.1, 0.15) is 36.8 Å². The van der Waals surface area contributed by atoms with E-state index in [1.807, 2.05) is 0 Å². The van der Waals surface area contributed by atoms with Gasteiger partial charge < -0.3 is 15.4 Å². The topological polar surface area (TPSA) is 77.0 Å². The molecule has 0 aromatic carbocycles. The van der Waals surface area contributed by atoms with E-state index in [0.717, 1.165) is 24.8 Å². The van der Waals surface area contributed by atoms with Crippen molar-refractivity contribution in [3.05, 3.63) is 29.8 Å². The number of nitrogens with two attached hydrogens (primary N) is 1. The van der Waals surface area contributed by atoms with Gasteiger partial charge in [0.2, 0.25) is 6.10 Å². The molecule has 1 atom stereocenters. The summed E-state index contributed by atoms with van der Waals surface area (Å²) in [7, 11) is 0. The molecule has 8 heteroatoms. The predicted octanol–water partition coefficient (Wildman–Crippen LogP) is 2.94. The van der Waals surface area contributed by atoms with Crippen molar-refractivity contribution in [3.8, 4) is 11.3 Å². The van der Waals surface area contributed by atoms with Crippen LogP contribution < -0.4 is 5.73 Å². The summed E-state index contributed by atoms with van der Waals surface area (Å²) in [5.41, 5.74) is 7.06. The Balaban J connectivity index is 1.80. The van der Waals surface area contributed by atoms with Gasteiger partial charge in [-0.25, -0.2) is 9.97 Å². The fourth-order valence-electron chi connectivity index (χ4n) is 3.71. The molecule has 128 valence electrons. The lowest BCUT2D eigenvalue weighted by Crippen LogP contribution is -2.59. The van der Waals surface area contributed by atoms with Gasteiger partial charge in [-0.2, -0.15) is 13.2 Å². The number of imidazole rings is 1. The van der Waals surface area contributed by atoms with Crippen LogP contribution in [0.15, 0.2) is 18.5 Å². The number of alkyl halides is 3. The number of halogens is 3. The molecule has 0 saturated heterocycles. The average Bonchev–Trinajstić information content (AvgIpc) is 2.81. The molecule has 3 N–H and O–H groups in total. The minimum Gasteiger partial charge on any atom is -0.383 e. The van der Waals surface area contributed by atoms with Crippen LogP contribution in [0.5, 0.6) is 0 Å². The summed E-state index contributed by atoms with van der Waals surface area (Å²) < 4.78 is 40.6. The first-order chi connectivity index (χ1) is 11.2. The van der Waals surface area contributed by atoms with Crippen molar-refractivity contribution < 1.29 is 18.3 Å². The molecule has 2 aromatic rings. The molecule has 0 spiro atoms. The Morgan fingerprint density at radius 1 is 1.38 bits per heavy atom. The first-order valence-electron chi connectivity index (χ1n) is 7.77. The molecule has 3 saturated carbocycles. The van der Waals surface area contributed by atoms with Gasteiger partial charge >= 0.3 is 6.18 Å². The smallest absolute Gasteiger partial charge is 0.383 e. The minimum atomic E-state index is -4.75. The first kappa shape index (κ1) is 15.4. The number of hydrogen-bond donors (Lipinski definition) is 2. The Hall–Kier alpha value is -2.09. The summed E-state index contributed by atoms with van der Waals surface area (Å²) in [5.74, 6) is 0.616. The molecule has 3 aliphatic rings. The predicted molar refractivity (Wildman–Crippen MR) is 80.9 cm³/mol. The maximum absolute atomic E-state index is 13.0. The number of aliphatic hydroxyl groups is 1. The van der Waals surface area contributed by atoms with E-state index in [2.05, 4.69) is 9.97 Å². The Morgan fingerprint density at radius 3 is 2.54 bits per heavy atom. The quantitative estimate of drug-likeness (QED) is 0.902. The largest absolute Gasteiger partial charge is 0.421 e. The third-order valence-corrected chi connectivity index (χ3v) is 5.22. The van der Waals surface area contributed by atoms with Gasteiger partial charge in [-0.05, 0) is 43.7 Å². The van der Waals surface area contributed by atoms with Crippen molar-refractivity contribution in [1.82, 2.24) is 14.5 Å². The first-order valence-corrected chi connectivity index (χ1v) is 7.77. The molecule has 2 heterocycles. The Bertz CT molecular complexity index is 797. The average molecular weight is 338 g/mol. The van der Waals surface area contributed by atoms with Crippen LogP contribution in [0.2, 0.25) is 0 Å². The van der Waals surface area contributed by atoms with E-state index in [9.17, 15) is 18.3 Å². The number of pyridine rings is 1. The molecular weight excluding hydrogens is 321 g/mol. The SMILES string of the molecule is Cc1cc(-c2cn(C34CC(C3)C4)c(C(O)C(F)(F)F)n2)cnc1N. The van der Waals surface area contributed by atoms with Gasteiger partial charge in [-0.3, -0.25) is 0 Å². The van der Waals surface area contributed by atoms with Gasteiger partial charge in [-0.1, -0.05) is 0 Å². The molecule has 2 bridgehead atoms. The van der Waals surface area contributed by atoms with Crippen LogP contribution in [0.4, 0.5) is 19.0 Å². The number of anilines is 1. The van der Waals surface area contributed by atoms with Crippen molar-refractivity contribution in [1.29, 1.82) is 0 Å². The lowest BCUT2D eigenvalue weighted by molar-refractivity contribution is -0.212. The van der Waals surface area contributed by atoms with Crippen LogP contribution in [-0.2, 0) is 5.54 Å². The molecule has 1 unspecified atom stereocenters. The number of aliphatic hydroxyl groups excluding tert-OH is 1. The molecule has 24 heavy (non-hydrogen) atoms. The number of aryl methyl sites for hydroxylation is 1. The van der Waals surface area contributed by atoms with E-state index in [0.29, 0.717) is 23.0 Å². The molecule has 3 fully saturated rings. The van der Waals surface area contributed by atoms with E-state index < -0.39 is 12.3 Å². The zero-order valence-corrected chi connectivity index (χ0v) is 13.0. The van der Waals surface area contributed by atoms with E-state index >= 15 is 0 Å². The van der Waals surface area contributed by atoms with Crippen molar-refractivity contribution >= 4 is 5.82 Å². The third-order valence-electron chi connectivity index (χ3n) is 5.22. The number of nitrogens with zero attached hydrogens (tertiary/aromatic N) is 3. The highest BCUT2D eigenvalue weighted by atomic mass is 19.4. The Labute approximate surface area is 136 Å². The van der Waals surface area contributed by atoms with Gasteiger partial charge in [-0.15, -0.1) is 0 Å².